The molecule has 0 N–H and O–H groups in total. The van der Waals surface area contributed by atoms with Crippen molar-refractivity contribution >= 4 is 10.5 Å². The Bertz CT molecular complexity index is 409. The summed E-state index contributed by atoms with van der Waals surface area (Å²) in [4.78, 5) is 0. The highest BCUT2D eigenvalue weighted by molar-refractivity contribution is 5.98. The molecule has 1 aromatic carbocycles. The SMILES string of the molecule is CCOC(O[SiH3])(OCC)c1cc(F)c(F)cc1F. The van der Waals surface area contributed by atoms with Crippen LogP contribution in [0, 0.1) is 17.5 Å². The van der Waals surface area contributed by atoms with E-state index in [1.165, 1.54) is 0 Å². The molecule has 0 bridgehead atoms. The fourth-order valence-corrected chi connectivity index (χ4v) is 2.02. The highest BCUT2D eigenvalue weighted by Gasteiger charge is 2.37. The van der Waals surface area contributed by atoms with E-state index >= 15 is 0 Å². The van der Waals surface area contributed by atoms with Gasteiger partial charge in [-0.3, -0.25) is 0 Å². The summed E-state index contributed by atoms with van der Waals surface area (Å²) in [5.41, 5.74) is -0.305. The zero-order chi connectivity index (χ0) is 13.8. The topological polar surface area (TPSA) is 27.7 Å². The molecular formula is C11H15F3O3Si. The van der Waals surface area contributed by atoms with Gasteiger partial charge >= 0.3 is 5.97 Å². The van der Waals surface area contributed by atoms with E-state index in [2.05, 4.69) is 0 Å². The maximum absolute atomic E-state index is 13.7. The number of rotatable bonds is 6. The third kappa shape index (κ3) is 2.92. The fraction of sp³-hybridized carbons (Fsp3) is 0.455. The Morgan fingerprint density at radius 2 is 1.50 bits per heavy atom. The number of ether oxygens (including phenoxy) is 2. The lowest BCUT2D eigenvalue weighted by molar-refractivity contribution is -0.354. The lowest BCUT2D eigenvalue weighted by Crippen LogP contribution is -2.37. The Balaban J connectivity index is 3.31. The van der Waals surface area contributed by atoms with Crippen LogP contribution in [0.2, 0.25) is 0 Å². The standard InChI is InChI=1S/C11H15F3O3Si/c1-3-15-11(17-18,16-4-2)7-5-9(13)10(14)6-8(7)12/h5-6H,3-4H2,1-2,18H3. The van der Waals surface area contributed by atoms with Gasteiger partial charge < -0.3 is 13.9 Å². The molecule has 18 heavy (non-hydrogen) atoms. The van der Waals surface area contributed by atoms with Crippen molar-refractivity contribution < 1.29 is 27.1 Å². The van der Waals surface area contributed by atoms with Gasteiger partial charge in [0.1, 0.15) is 5.82 Å². The highest BCUT2D eigenvalue weighted by Crippen LogP contribution is 2.31. The fourth-order valence-electron chi connectivity index (χ4n) is 1.56. The Morgan fingerprint density at radius 3 is 1.94 bits per heavy atom. The summed E-state index contributed by atoms with van der Waals surface area (Å²) >= 11 is 0. The van der Waals surface area contributed by atoms with Crippen molar-refractivity contribution in [1.82, 2.24) is 0 Å². The number of hydrogen-bond acceptors (Lipinski definition) is 3. The van der Waals surface area contributed by atoms with Gasteiger partial charge in [0.15, 0.2) is 22.1 Å². The normalized spacial score (nSPS) is 12.1. The quantitative estimate of drug-likeness (QED) is 0.450. The second-order valence-electron chi connectivity index (χ2n) is 3.37. The largest absolute Gasteiger partial charge is 0.376 e. The van der Waals surface area contributed by atoms with Crippen LogP contribution in [0.1, 0.15) is 19.4 Å². The average molecular weight is 280 g/mol. The van der Waals surface area contributed by atoms with Crippen molar-refractivity contribution in [2.24, 2.45) is 0 Å². The van der Waals surface area contributed by atoms with E-state index < -0.39 is 23.4 Å². The minimum Gasteiger partial charge on any atom is -0.376 e. The van der Waals surface area contributed by atoms with E-state index in [0.29, 0.717) is 12.1 Å². The summed E-state index contributed by atoms with van der Waals surface area (Å²) in [5, 5.41) is 0. The van der Waals surface area contributed by atoms with Crippen molar-refractivity contribution in [3.63, 3.8) is 0 Å². The van der Waals surface area contributed by atoms with E-state index in [0.717, 1.165) is 0 Å². The predicted octanol–water partition coefficient (Wildman–Crippen LogP) is 1.58. The monoisotopic (exact) mass is 280 g/mol. The van der Waals surface area contributed by atoms with Crippen LogP contribution < -0.4 is 0 Å². The molecule has 0 aliphatic heterocycles. The van der Waals surface area contributed by atoms with Gasteiger partial charge in [-0.2, -0.15) is 0 Å². The molecule has 1 rings (SSSR count). The Kier molecular flexibility index (Phi) is 5.33. The first kappa shape index (κ1) is 15.2. The molecule has 0 heterocycles. The summed E-state index contributed by atoms with van der Waals surface area (Å²) in [6.45, 7) is 3.65. The molecule has 3 nitrogen and oxygen atoms in total. The van der Waals surface area contributed by atoms with E-state index in [4.69, 9.17) is 13.9 Å². The third-order valence-electron chi connectivity index (χ3n) is 2.28. The third-order valence-corrected chi connectivity index (χ3v) is 2.81. The van der Waals surface area contributed by atoms with Crippen molar-refractivity contribution in [1.29, 1.82) is 0 Å². The maximum atomic E-state index is 13.7. The summed E-state index contributed by atoms with van der Waals surface area (Å²) < 4.78 is 55.5. The van der Waals surface area contributed by atoms with Gasteiger partial charge in [-0.25, -0.2) is 13.2 Å². The number of hydrogen-bond donors (Lipinski definition) is 0. The second kappa shape index (κ2) is 6.33. The van der Waals surface area contributed by atoms with E-state index in [-0.39, 0.29) is 29.3 Å². The second-order valence-corrected chi connectivity index (χ2v) is 3.78. The van der Waals surface area contributed by atoms with Crippen molar-refractivity contribution in [2.75, 3.05) is 13.2 Å². The number of benzene rings is 1. The summed E-state index contributed by atoms with van der Waals surface area (Å²) in [6, 6.07) is 1.13. The Morgan fingerprint density at radius 1 is 1.00 bits per heavy atom. The number of halogens is 3. The lowest BCUT2D eigenvalue weighted by Gasteiger charge is -2.32. The smallest absolute Gasteiger partial charge is 0.304 e. The molecular weight excluding hydrogens is 265 g/mol. The van der Waals surface area contributed by atoms with Crippen LogP contribution in [0.4, 0.5) is 13.2 Å². The first-order valence-electron chi connectivity index (χ1n) is 5.48. The first-order chi connectivity index (χ1) is 8.50. The lowest BCUT2D eigenvalue weighted by atomic mass is 10.1. The molecule has 102 valence electrons. The van der Waals surface area contributed by atoms with Gasteiger partial charge in [0, 0.05) is 19.3 Å². The van der Waals surface area contributed by atoms with Crippen molar-refractivity contribution in [3.8, 4) is 0 Å². The van der Waals surface area contributed by atoms with Crippen LogP contribution in [0.15, 0.2) is 12.1 Å². The minimum atomic E-state index is -1.81. The highest BCUT2D eigenvalue weighted by atomic mass is 28.2. The molecule has 0 aromatic heterocycles. The molecule has 0 fully saturated rings. The van der Waals surface area contributed by atoms with Gasteiger partial charge in [-0.1, -0.05) is 0 Å². The summed E-state index contributed by atoms with van der Waals surface area (Å²) in [7, 11) is 0.170. The van der Waals surface area contributed by atoms with Crippen molar-refractivity contribution in [2.45, 2.75) is 19.8 Å². The van der Waals surface area contributed by atoms with Crippen LogP contribution in [0.25, 0.3) is 0 Å². The molecule has 1 aromatic rings. The maximum Gasteiger partial charge on any atom is 0.304 e. The van der Waals surface area contributed by atoms with Crippen LogP contribution >= 0.6 is 0 Å². The van der Waals surface area contributed by atoms with Crippen molar-refractivity contribution in [3.05, 3.63) is 35.1 Å². The van der Waals surface area contributed by atoms with Gasteiger partial charge in [0.05, 0.1) is 5.56 Å². The first-order valence-corrected chi connectivity index (χ1v) is 6.30. The van der Waals surface area contributed by atoms with E-state index in [9.17, 15) is 13.2 Å². The predicted molar refractivity (Wildman–Crippen MR) is 62.3 cm³/mol. The van der Waals surface area contributed by atoms with E-state index in [1.54, 1.807) is 13.8 Å². The summed E-state index contributed by atoms with van der Waals surface area (Å²) in [6.07, 6.45) is 0. The molecule has 7 heteroatoms. The zero-order valence-electron chi connectivity index (χ0n) is 10.4. The van der Waals surface area contributed by atoms with Gasteiger partial charge in [0.2, 0.25) is 0 Å². The Hall–Kier alpha value is -0.893. The van der Waals surface area contributed by atoms with Gasteiger partial charge in [-0.05, 0) is 19.9 Å². The van der Waals surface area contributed by atoms with Crippen LogP contribution in [0.5, 0.6) is 0 Å². The molecule has 0 unspecified atom stereocenters. The van der Waals surface area contributed by atoms with E-state index in [1.807, 2.05) is 0 Å². The molecule has 0 saturated carbocycles. The molecule has 0 radical (unpaired) electrons. The molecule has 0 amide bonds. The van der Waals surface area contributed by atoms with Crippen LogP contribution in [-0.2, 0) is 19.9 Å². The molecule has 0 saturated heterocycles. The van der Waals surface area contributed by atoms with Gasteiger partial charge in [0.25, 0.3) is 0 Å². The van der Waals surface area contributed by atoms with Crippen LogP contribution in [-0.4, -0.2) is 23.7 Å². The summed E-state index contributed by atoms with van der Waals surface area (Å²) in [5.74, 6) is -5.25. The van der Waals surface area contributed by atoms with Gasteiger partial charge in [-0.15, -0.1) is 0 Å². The zero-order valence-corrected chi connectivity index (χ0v) is 12.4. The Labute approximate surface area is 106 Å². The average Bonchev–Trinajstić information content (AvgIpc) is 2.33. The molecule has 0 aliphatic carbocycles. The molecule has 0 spiro atoms. The molecule has 0 aliphatic rings. The molecule has 0 atom stereocenters. The minimum absolute atomic E-state index is 0.167. The van der Waals surface area contributed by atoms with Crippen LogP contribution in [0.3, 0.4) is 0 Å².